The van der Waals surface area contributed by atoms with Crippen LogP contribution in [0.3, 0.4) is 0 Å². The van der Waals surface area contributed by atoms with Gasteiger partial charge in [-0.05, 0) is 33.7 Å². The van der Waals surface area contributed by atoms with Crippen LogP contribution in [0.15, 0.2) is 0 Å². The Balaban J connectivity index is 2.15. The molecule has 0 spiro atoms. The van der Waals surface area contributed by atoms with Gasteiger partial charge >= 0.3 is 0 Å². The van der Waals surface area contributed by atoms with Crippen molar-refractivity contribution in [2.45, 2.75) is 52.1 Å². The molecule has 4 heteroatoms. The van der Waals surface area contributed by atoms with E-state index in [1.54, 1.807) is 0 Å². The average Bonchev–Trinajstić information content (AvgIpc) is 2.92. The second-order valence-corrected chi connectivity index (χ2v) is 5.82. The number of anilines is 1. The van der Waals surface area contributed by atoms with E-state index < -0.39 is 0 Å². The number of rotatable bonds is 5. The predicted octanol–water partition coefficient (Wildman–Crippen LogP) is 2.94. The van der Waals surface area contributed by atoms with E-state index in [4.69, 9.17) is 4.98 Å². The van der Waals surface area contributed by atoms with Gasteiger partial charge in [-0.25, -0.2) is 4.98 Å². The van der Waals surface area contributed by atoms with Crippen LogP contribution in [0.5, 0.6) is 0 Å². The van der Waals surface area contributed by atoms with Crippen LogP contribution in [0.1, 0.15) is 43.2 Å². The van der Waals surface area contributed by atoms with Crippen LogP contribution in [0.25, 0.3) is 0 Å². The fourth-order valence-electron chi connectivity index (χ4n) is 2.63. The Morgan fingerprint density at radius 3 is 2.71 bits per heavy atom. The van der Waals surface area contributed by atoms with Gasteiger partial charge < -0.3 is 10.2 Å². The molecule has 0 radical (unpaired) electrons. The van der Waals surface area contributed by atoms with E-state index in [2.05, 4.69) is 24.1 Å². The topological polar surface area (TPSA) is 28.2 Å². The Kier molecular flexibility index (Phi) is 4.40. The lowest BCUT2D eigenvalue weighted by Gasteiger charge is -2.26. The van der Waals surface area contributed by atoms with Crippen LogP contribution >= 0.6 is 11.3 Å². The smallest absolute Gasteiger partial charge is 0.186 e. The van der Waals surface area contributed by atoms with Gasteiger partial charge in [0.1, 0.15) is 0 Å². The zero-order valence-electron chi connectivity index (χ0n) is 11.1. The van der Waals surface area contributed by atoms with Gasteiger partial charge in [0.05, 0.1) is 5.69 Å². The molecule has 1 aliphatic carbocycles. The number of hydrogen-bond acceptors (Lipinski definition) is 4. The quantitative estimate of drug-likeness (QED) is 0.874. The number of hydrogen-bond donors (Lipinski definition) is 1. The summed E-state index contributed by atoms with van der Waals surface area (Å²) in [6, 6.07) is 0.730. The maximum absolute atomic E-state index is 4.75. The lowest BCUT2D eigenvalue weighted by atomic mass is 10.2. The van der Waals surface area contributed by atoms with Crippen molar-refractivity contribution in [3.63, 3.8) is 0 Å². The molecule has 1 saturated carbocycles. The molecule has 0 aromatic carbocycles. The van der Waals surface area contributed by atoms with Gasteiger partial charge in [0.15, 0.2) is 5.13 Å². The first-order valence-electron chi connectivity index (χ1n) is 6.63. The SMILES string of the molecule is CCN(c1nc(C)c(CNC)s1)C1CCCC1. The van der Waals surface area contributed by atoms with Crippen molar-refractivity contribution in [2.24, 2.45) is 0 Å². The van der Waals surface area contributed by atoms with E-state index in [-0.39, 0.29) is 0 Å². The maximum Gasteiger partial charge on any atom is 0.186 e. The van der Waals surface area contributed by atoms with Crippen LogP contribution in [-0.2, 0) is 6.54 Å². The van der Waals surface area contributed by atoms with Gasteiger partial charge in [-0.3, -0.25) is 0 Å². The molecular weight excluding hydrogens is 230 g/mol. The van der Waals surface area contributed by atoms with Crippen molar-refractivity contribution in [1.82, 2.24) is 10.3 Å². The Labute approximate surface area is 108 Å². The van der Waals surface area contributed by atoms with Crippen molar-refractivity contribution in [1.29, 1.82) is 0 Å². The highest BCUT2D eigenvalue weighted by atomic mass is 32.1. The molecule has 0 atom stereocenters. The summed E-state index contributed by atoms with van der Waals surface area (Å²) < 4.78 is 0. The highest BCUT2D eigenvalue weighted by Crippen LogP contribution is 2.32. The minimum absolute atomic E-state index is 0.730. The molecular formula is C13H23N3S. The Bertz CT molecular complexity index is 356. The van der Waals surface area contributed by atoms with Crippen LogP contribution in [0.4, 0.5) is 5.13 Å². The zero-order chi connectivity index (χ0) is 12.3. The molecule has 96 valence electrons. The standard InChI is InChI=1S/C13H23N3S/c1-4-16(11-7-5-6-8-11)13-15-10(2)12(17-13)9-14-3/h11,14H,4-9H2,1-3H3. The minimum atomic E-state index is 0.730. The first-order chi connectivity index (χ1) is 8.26. The maximum atomic E-state index is 4.75. The van der Waals surface area contributed by atoms with E-state index in [1.807, 2.05) is 18.4 Å². The number of aromatic nitrogens is 1. The Morgan fingerprint density at radius 2 is 2.12 bits per heavy atom. The molecule has 0 unspecified atom stereocenters. The summed E-state index contributed by atoms with van der Waals surface area (Å²) in [5.74, 6) is 0. The fourth-order valence-corrected chi connectivity index (χ4v) is 3.83. The molecule has 17 heavy (non-hydrogen) atoms. The van der Waals surface area contributed by atoms with Crippen molar-refractivity contribution >= 4 is 16.5 Å². The highest BCUT2D eigenvalue weighted by Gasteiger charge is 2.24. The van der Waals surface area contributed by atoms with E-state index in [9.17, 15) is 0 Å². The third-order valence-electron chi connectivity index (χ3n) is 3.57. The molecule has 1 fully saturated rings. The first-order valence-corrected chi connectivity index (χ1v) is 7.45. The largest absolute Gasteiger partial charge is 0.345 e. The van der Waals surface area contributed by atoms with E-state index in [0.717, 1.165) is 19.1 Å². The third-order valence-corrected chi connectivity index (χ3v) is 4.77. The lowest BCUT2D eigenvalue weighted by Crippen LogP contribution is -2.32. The molecule has 1 heterocycles. The van der Waals surface area contributed by atoms with Gasteiger partial charge in [-0.15, -0.1) is 11.3 Å². The summed E-state index contributed by atoms with van der Waals surface area (Å²) in [5.41, 5.74) is 1.19. The highest BCUT2D eigenvalue weighted by molar-refractivity contribution is 7.15. The molecule has 3 nitrogen and oxygen atoms in total. The monoisotopic (exact) mass is 253 g/mol. The van der Waals surface area contributed by atoms with Gasteiger partial charge in [-0.2, -0.15) is 0 Å². The van der Waals surface area contributed by atoms with Crippen molar-refractivity contribution < 1.29 is 0 Å². The summed E-state index contributed by atoms with van der Waals surface area (Å²) in [5, 5.41) is 4.44. The van der Waals surface area contributed by atoms with Crippen molar-refractivity contribution in [2.75, 3.05) is 18.5 Å². The van der Waals surface area contributed by atoms with E-state index in [1.165, 1.54) is 41.4 Å². The molecule has 1 aromatic rings. The summed E-state index contributed by atoms with van der Waals surface area (Å²) in [7, 11) is 1.99. The Hall–Kier alpha value is -0.610. The summed E-state index contributed by atoms with van der Waals surface area (Å²) in [4.78, 5) is 8.63. The van der Waals surface area contributed by atoms with Crippen LogP contribution in [0, 0.1) is 6.92 Å². The van der Waals surface area contributed by atoms with Crippen LogP contribution in [-0.4, -0.2) is 24.6 Å². The van der Waals surface area contributed by atoms with E-state index in [0.29, 0.717) is 0 Å². The number of nitrogens with one attached hydrogen (secondary N) is 1. The number of nitrogens with zero attached hydrogens (tertiary/aromatic N) is 2. The third kappa shape index (κ3) is 2.80. The zero-order valence-corrected chi connectivity index (χ0v) is 11.9. The fraction of sp³-hybridized carbons (Fsp3) is 0.769. The average molecular weight is 253 g/mol. The number of thiazole rings is 1. The minimum Gasteiger partial charge on any atom is -0.345 e. The van der Waals surface area contributed by atoms with Crippen LogP contribution < -0.4 is 10.2 Å². The first kappa shape index (κ1) is 12.8. The van der Waals surface area contributed by atoms with Crippen LogP contribution in [0.2, 0.25) is 0 Å². The molecule has 1 aromatic heterocycles. The molecule has 0 aliphatic heterocycles. The predicted molar refractivity (Wildman–Crippen MR) is 74.9 cm³/mol. The lowest BCUT2D eigenvalue weighted by molar-refractivity contribution is 0.618. The van der Waals surface area contributed by atoms with Gasteiger partial charge in [0.2, 0.25) is 0 Å². The van der Waals surface area contributed by atoms with Gasteiger partial charge in [0, 0.05) is 24.0 Å². The van der Waals surface area contributed by atoms with E-state index >= 15 is 0 Å². The number of aryl methyl sites for hydroxylation is 1. The molecule has 1 N–H and O–H groups in total. The van der Waals surface area contributed by atoms with Gasteiger partial charge in [0.25, 0.3) is 0 Å². The Morgan fingerprint density at radius 1 is 1.41 bits per heavy atom. The summed E-state index contributed by atoms with van der Waals surface area (Å²) in [6.45, 7) is 6.38. The summed E-state index contributed by atoms with van der Waals surface area (Å²) >= 11 is 1.86. The second-order valence-electron chi connectivity index (χ2n) is 4.76. The molecule has 0 amide bonds. The summed E-state index contributed by atoms with van der Waals surface area (Å²) in [6.07, 6.45) is 5.45. The van der Waals surface area contributed by atoms with Crippen molar-refractivity contribution in [3.8, 4) is 0 Å². The molecule has 2 rings (SSSR count). The normalized spacial score (nSPS) is 16.6. The van der Waals surface area contributed by atoms with Gasteiger partial charge in [-0.1, -0.05) is 12.8 Å². The van der Waals surface area contributed by atoms with Crippen molar-refractivity contribution in [3.05, 3.63) is 10.6 Å². The second kappa shape index (κ2) is 5.83. The molecule has 1 aliphatic rings. The molecule has 0 saturated heterocycles. The molecule has 0 bridgehead atoms.